The number of rotatable bonds is 4. The van der Waals surface area contributed by atoms with Gasteiger partial charge in [0.05, 0.1) is 37.4 Å². The number of amides is 3. The molecule has 0 spiro atoms. The molecule has 2 bridgehead atoms. The summed E-state index contributed by atoms with van der Waals surface area (Å²) in [6, 6.07) is 28.0. The number of carbonyl (C=O) groups excluding carboxylic acids is 3. The minimum atomic E-state index is -1.16. The monoisotopic (exact) mass is 670 g/mol. The molecule has 2 atom stereocenters. The molecule has 4 aliphatic rings. The van der Waals surface area contributed by atoms with Crippen LogP contribution in [0.5, 0.6) is 0 Å². The summed E-state index contributed by atoms with van der Waals surface area (Å²) in [7, 11) is 0. The zero-order valence-electron chi connectivity index (χ0n) is 21.2. The van der Waals surface area contributed by atoms with E-state index < -0.39 is 32.4 Å². The van der Waals surface area contributed by atoms with Gasteiger partial charge >= 0.3 is 5.97 Å². The van der Waals surface area contributed by atoms with E-state index in [-0.39, 0.29) is 28.6 Å². The van der Waals surface area contributed by atoms with Crippen LogP contribution in [0, 0.1) is 11.8 Å². The fourth-order valence-corrected chi connectivity index (χ4v) is 8.96. The Balaban J connectivity index is 1.26. The number of para-hydroxylation sites is 1. The zero-order valence-corrected chi connectivity index (χ0v) is 24.3. The number of nitrogens with one attached hydrogen (secondary N) is 1. The van der Waals surface area contributed by atoms with E-state index in [1.165, 1.54) is 29.2 Å². The van der Waals surface area contributed by atoms with Gasteiger partial charge in [0.25, 0.3) is 5.91 Å². The van der Waals surface area contributed by atoms with Gasteiger partial charge in [0.15, 0.2) is 0 Å². The van der Waals surface area contributed by atoms with E-state index in [0.717, 1.165) is 22.3 Å². The van der Waals surface area contributed by atoms with Crippen LogP contribution in [0.1, 0.15) is 43.0 Å². The fourth-order valence-electron chi connectivity index (χ4n) is 6.66. The number of imide groups is 1. The molecule has 4 aromatic carbocycles. The van der Waals surface area contributed by atoms with Crippen LogP contribution in [-0.4, -0.2) is 28.8 Å². The Morgan fingerprint density at radius 3 is 1.59 bits per heavy atom. The second kappa shape index (κ2) is 8.96. The summed E-state index contributed by atoms with van der Waals surface area (Å²) in [4.78, 5) is 54.0. The van der Waals surface area contributed by atoms with E-state index in [1.54, 1.807) is 24.3 Å². The molecule has 1 saturated heterocycles. The minimum Gasteiger partial charge on any atom is -0.478 e. The Bertz CT molecular complexity index is 1700. The number of halogens is 2. The van der Waals surface area contributed by atoms with Crippen molar-refractivity contribution in [2.24, 2.45) is 11.8 Å². The highest BCUT2D eigenvalue weighted by Gasteiger charge is 2.72. The number of nitrogens with zero attached hydrogens (tertiary/aromatic N) is 1. The molecular weight excluding hydrogens is 652 g/mol. The SMILES string of the molecule is O=C(Nc1ccccc1C(=O)O)c1ccc(N2C(=O)[C@@H]3[C@H](C2=O)C2(Br)c4ccccc4C3(Br)c3ccccc32)cc1. The topological polar surface area (TPSA) is 104 Å². The van der Waals surface area contributed by atoms with E-state index in [1.807, 2.05) is 48.5 Å². The Labute approximate surface area is 251 Å². The van der Waals surface area contributed by atoms with Crippen LogP contribution in [0.3, 0.4) is 0 Å². The molecule has 8 rings (SSSR count). The second-order valence-electron chi connectivity index (χ2n) is 10.3. The molecule has 4 aromatic rings. The molecule has 0 unspecified atom stereocenters. The number of hydrogen-bond donors (Lipinski definition) is 2. The van der Waals surface area contributed by atoms with Gasteiger partial charge in [-0.3, -0.25) is 14.4 Å². The number of alkyl halides is 2. The molecule has 7 nitrogen and oxygen atoms in total. The third-order valence-corrected chi connectivity index (χ3v) is 11.1. The molecule has 1 fully saturated rings. The molecule has 0 saturated carbocycles. The van der Waals surface area contributed by atoms with Gasteiger partial charge in [-0.15, -0.1) is 0 Å². The number of carboxylic acids is 1. The van der Waals surface area contributed by atoms with Crippen molar-refractivity contribution in [3.63, 3.8) is 0 Å². The summed E-state index contributed by atoms with van der Waals surface area (Å²) < 4.78 is -1.78. The first-order valence-corrected chi connectivity index (χ1v) is 14.5. The highest BCUT2D eigenvalue weighted by Crippen LogP contribution is 2.70. The third-order valence-electron chi connectivity index (χ3n) is 8.38. The van der Waals surface area contributed by atoms with Gasteiger partial charge in [0.1, 0.15) is 0 Å². The van der Waals surface area contributed by atoms with Crippen molar-refractivity contribution in [1.29, 1.82) is 0 Å². The maximum Gasteiger partial charge on any atom is 0.337 e. The molecule has 9 heteroatoms. The summed E-state index contributed by atoms with van der Waals surface area (Å²) in [6.45, 7) is 0. The number of aromatic carboxylic acids is 1. The average Bonchev–Trinajstić information content (AvgIpc) is 3.27. The van der Waals surface area contributed by atoms with Crippen molar-refractivity contribution >= 4 is 66.9 Å². The predicted octanol–water partition coefficient (Wildman–Crippen LogP) is 6.05. The zero-order chi connectivity index (χ0) is 28.7. The smallest absolute Gasteiger partial charge is 0.337 e. The van der Waals surface area contributed by atoms with E-state index in [2.05, 4.69) is 37.2 Å². The van der Waals surface area contributed by atoms with E-state index in [0.29, 0.717) is 5.69 Å². The summed E-state index contributed by atoms with van der Waals surface area (Å²) in [5, 5.41) is 12.0. The average molecular weight is 672 g/mol. The second-order valence-corrected chi connectivity index (χ2v) is 12.8. The van der Waals surface area contributed by atoms with Gasteiger partial charge in [0.2, 0.25) is 11.8 Å². The maximum atomic E-state index is 14.2. The summed E-state index contributed by atoms with van der Waals surface area (Å²) in [5.41, 5.74) is 4.56. The standard InChI is InChI=1S/C32H20Br2N2O5/c33-31-20-8-2-3-9-21(20)32(34,23-11-5-4-10-22(23)31)26-25(31)28(38)36(29(26)39)18-15-13-17(14-16-18)27(37)35-24-12-6-1-7-19(24)30(40)41/h1-16,25-26H,(H,35,37)(H,40,41)/t25-,26+,31?,32?. The Hall–Kier alpha value is -4.08. The summed E-state index contributed by atoms with van der Waals surface area (Å²) in [5.74, 6) is -3.71. The van der Waals surface area contributed by atoms with Gasteiger partial charge in [0, 0.05) is 5.56 Å². The van der Waals surface area contributed by atoms with Crippen molar-refractivity contribution in [3.05, 3.63) is 130 Å². The van der Waals surface area contributed by atoms with Gasteiger partial charge < -0.3 is 10.4 Å². The maximum absolute atomic E-state index is 14.2. The molecule has 41 heavy (non-hydrogen) atoms. The van der Waals surface area contributed by atoms with Crippen LogP contribution in [-0.2, 0) is 18.2 Å². The van der Waals surface area contributed by atoms with Crippen molar-refractivity contribution in [1.82, 2.24) is 0 Å². The molecule has 1 heterocycles. The number of carbonyl (C=O) groups is 4. The molecular formula is C32H20Br2N2O5. The first kappa shape index (κ1) is 25.9. The number of benzene rings is 4. The van der Waals surface area contributed by atoms with Gasteiger partial charge in [-0.05, 0) is 58.7 Å². The molecule has 3 aliphatic carbocycles. The molecule has 3 amide bonds. The molecule has 2 N–H and O–H groups in total. The first-order chi connectivity index (χ1) is 19.7. The molecule has 0 radical (unpaired) electrons. The quantitative estimate of drug-likeness (QED) is 0.203. The van der Waals surface area contributed by atoms with Gasteiger partial charge in [-0.2, -0.15) is 0 Å². The van der Waals surface area contributed by atoms with Crippen molar-refractivity contribution in [2.75, 3.05) is 10.2 Å². The molecule has 202 valence electrons. The Morgan fingerprint density at radius 1 is 0.683 bits per heavy atom. The number of carboxylic acid groups (broad SMARTS) is 1. The Morgan fingerprint density at radius 2 is 1.12 bits per heavy atom. The summed E-state index contributed by atoms with van der Waals surface area (Å²) in [6.07, 6.45) is 0. The lowest BCUT2D eigenvalue weighted by atomic mass is 9.54. The van der Waals surface area contributed by atoms with E-state index >= 15 is 0 Å². The lowest BCUT2D eigenvalue weighted by Gasteiger charge is -2.55. The van der Waals surface area contributed by atoms with Crippen LogP contribution in [0.2, 0.25) is 0 Å². The molecule has 0 aromatic heterocycles. The highest BCUT2D eigenvalue weighted by atomic mass is 79.9. The van der Waals surface area contributed by atoms with E-state index in [4.69, 9.17) is 0 Å². The fraction of sp³-hybridized carbons (Fsp3) is 0.125. The van der Waals surface area contributed by atoms with Crippen molar-refractivity contribution < 1.29 is 24.3 Å². The number of anilines is 2. The van der Waals surface area contributed by atoms with Crippen molar-refractivity contribution in [3.8, 4) is 0 Å². The van der Waals surface area contributed by atoms with Crippen LogP contribution >= 0.6 is 31.9 Å². The normalized spacial score (nSPS) is 25.4. The van der Waals surface area contributed by atoms with Crippen LogP contribution < -0.4 is 10.2 Å². The van der Waals surface area contributed by atoms with Gasteiger partial charge in [-0.25, -0.2) is 9.69 Å². The highest BCUT2D eigenvalue weighted by molar-refractivity contribution is 9.10. The predicted molar refractivity (Wildman–Crippen MR) is 160 cm³/mol. The van der Waals surface area contributed by atoms with Crippen LogP contribution in [0.25, 0.3) is 0 Å². The summed E-state index contributed by atoms with van der Waals surface area (Å²) >= 11 is 7.98. The minimum absolute atomic E-state index is 0.0302. The number of hydrogen-bond acceptors (Lipinski definition) is 4. The first-order valence-electron chi connectivity index (χ1n) is 12.9. The van der Waals surface area contributed by atoms with Crippen molar-refractivity contribution in [2.45, 2.75) is 8.65 Å². The van der Waals surface area contributed by atoms with E-state index in [9.17, 15) is 24.3 Å². The lowest BCUT2D eigenvalue weighted by Crippen LogP contribution is -2.56. The van der Waals surface area contributed by atoms with Gasteiger partial charge in [-0.1, -0.05) is 92.5 Å². The lowest BCUT2D eigenvalue weighted by molar-refractivity contribution is -0.122. The largest absolute Gasteiger partial charge is 0.478 e. The van der Waals surface area contributed by atoms with Crippen LogP contribution in [0.15, 0.2) is 97.1 Å². The van der Waals surface area contributed by atoms with Crippen LogP contribution in [0.4, 0.5) is 11.4 Å². The Kier molecular flexibility index (Phi) is 5.65. The molecule has 1 aliphatic heterocycles. The third kappa shape index (κ3) is 3.36.